The summed E-state index contributed by atoms with van der Waals surface area (Å²) < 4.78 is 0. The van der Waals surface area contributed by atoms with Crippen molar-refractivity contribution in [1.82, 2.24) is 20.6 Å². The number of benzene rings is 1. The van der Waals surface area contributed by atoms with Crippen molar-refractivity contribution in [1.29, 1.82) is 0 Å². The summed E-state index contributed by atoms with van der Waals surface area (Å²) in [4.78, 5) is 14.4. The highest BCUT2D eigenvalue weighted by molar-refractivity contribution is 14.0. The average Bonchev–Trinajstić information content (AvgIpc) is 3.14. The SMILES string of the molecule is CCc1cccc2c(CCNC(=NC)NCc3cccc(N(C)C)n3)c[nH]c12.I. The summed E-state index contributed by atoms with van der Waals surface area (Å²) >= 11 is 0. The molecule has 7 heteroatoms. The van der Waals surface area contributed by atoms with Gasteiger partial charge in [0.1, 0.15) is 5.82 Å². The molecule has 0 aliphatic carbocycles. The minimum Gasteiger partial charge on any atom is -0.363 e. The van der Waals surface area contributed by atoms with Gasteiger partial charge in [0.25, 0.3) is 0 Å². The lowest BCUT2D eigenvalue weighted by molar-refractivity contribution is 0.784. The van der Waals surface area contributed by atoms with Gasteiger partial charge in [-0.15, -0.1) is 24.0 Å². The average molecular weight is 506 g/mol. The maximum absolute atomic E-state index is 4.63. The number of aromatic nitrogens is 2. The van der Waals surface area contributed by atoms with E-state index in [9.17, 15) is 0 Å². The van der Waals surface area contributed by atoms with E-state index in [-0.39, 0.29) is 24.0 Å². The summed E-state index contributed by atoms with van der Waals surface area (Å²) in [6, 6.07) is 12.6. The number of aromatic amines is 1. The molecule has 0 aliphatic rings. The first-order valence-electron chi connectivity index (χ1n) is 9.78. The van der Waals surface area contributed by atoms with Gasteiger partial charge in [0.15, 0.2) is 5.96 Å². The van der Waals surface area contributed by atoms with Crippen molar-refractivity contribution in [3.63, 3.8) is 0 Å². The Balaban J connectivity index is 0.00000300. The molecule has 0 atom stereocenters. The largest absolute Gasteiger partial charge is 0.363 e. The Morgan fingerprint density at radius 1 is 1.10 bits per heavy atom. The van der Waals surface area contributed by atoms with Crippen LogP contribution in [0.25, 0.3) is 10.9 Å². The highest BCUT2D eigenvalue weighted by Gasteiger charge is 2.07. The molecular weight excluding hydrogens is 475 g/mol. The Hall–Kier alpha value is -2.29. The first kappa shape index (κ1) is 23.0. The lowest BCUT2D eigenvalue weighted by Crippen LogP contribution is -2.38. The molecule has 0 bridgehead atoms. The number of fused-ring (bicyclic) bond motifs is 1. The number of rotatable bonds is 7. The van der Waals surface area contributed by atoms with Crippen LogP contribution < -0.4 is 15.5 Å². The number of guanidine groups is 1. The minimum atomic E-state index is 0. The van der Waals surface area contributed by atoms with E-state index in [0.29, 0.717) is 6.54 Å². The molecule has 29 heavy (non-hydrogen) atoms. The number of anilines is 1. The number of halogens is 1. The maximum atomic E-state index is 4.63. The van der Waals surface area contributed by atoms with E-state index in [0.717, 1.165) is 36.9 Å². The minimum absolute atomic E-state index is 0. The van der Waals surface area contributed by atoms with E-state index in [4.69, 9.17) is 0 Å². The fraction of sp³-hybridized carbons (Fsp3) is 0.364. The summed E-state index contributed by atoms with van der Waals surface area (Å²) in [5, 5.41) is 8.05. The predicted octanol–water partition coefficient (Wildman–Crippen LogP) is 3.72. The molecule has 3 rings (SSSR count). The van der Waals surface area contributed by atoms with Crippen molar-refractivity contribution in [2.75, 3.05) is 32.6 Å². The Bertz CT molecular complexity index is 947. The third-order valence-electron chi connectivity index (χ3n) is 4.87. The van der Waals surface area contributed by atoms with E-state index in [2.05, 4.69) is 56.9 Å². The lowest BCUT2D eigenvalue weighted by atomic mass is 10.1. The summed E-state index contributed by atoms with van der Waals surface area (Å²) in [5.74, 6) is 1.74. The van der Waals surface area contributed by atoms with E-state index >= 15 is 0 Å². The lowest BCUT2D eigenvalue weighted by Gasteiger charge is -2.14. The van der Waals surface area contributed by atoms with Crippen LogP contribution in [0.1, 0.15) is 23.7 Å². The molecule has 2 aromatic heterocycles. The van der Waals surface area contributed by atoms with Crippen molar-refractivity contribution in [2.45, 2.75) is 26.3 Å². The number of aryl methyl sites for hydroxylation is 1. The van der Waals surface area contributed by atoms with Gasteiger partial charge in [0, 0.05) is 44.8 Å². The van der Waals surface area contributed by atoms with Crippen LogP contribution >= 0.6 is 24.0 Å². The Morgan fingerprint density at radius 3 is 2.62 bits per heavy atom. The molecule has 1 aromatic carbocycles. The molecule has 0 saturated carbocycles. The Labute approximate surface area is 190 Å². The van der Waals surface area contributed by atoms with Crippen LogP contribution in [0.5, 0.6) is 0 Å². The van der Waals surface area contributed by atoms with E-state index < -0.39 is 0 Å². The van der Waals surface area contributed by atoms with Crippen LogP contribution in [0, 0.1) is 0 Å². The van der Waals surface area contributed by atoms with Crippen LogP contribution in [-0.2, 0) is 19.4 Å². The number of nitrogens with zero attached hydrogens (tertiary/aromatic N) is 3. The monoisotopic (exact) mass is 506 g/mol. The van der Waals surface area contributed by atoms with Gasteiger partial charge < -0.3 is 20.5 Å². The highest BCUT2D eigenvalue weighted by Crippen LogP contribution is 2.22. The van der Waals surface area contributed by atoms with E-state index in [1.54, 1.807) is 7.05 Å². The molecule has 0 radical (unpaired) electrons. The second-order valence-corrected chi connectivity index (χ2v) is 6.99. The van der Waals surface area contributed by atoms with Crippen LogP contribution in [0.15, 0.2) is 47.6 Å². The smallest absolute Gasteiger partial charge is 0.191 e. The van der Waals surface area contributed by atoms with Crippen LogP contribution in [-0.4, -0.2) is 43.6 Å². The first-order chi connectivity index (χ1) is 13.6. The van der Waals surface area contributed by atoms with Crippen LogP contribution in [0.2, 0.25) is 0 Å². The summed E-state index contributed by atoms with van der Waals surface area (Å²) in [6.45, 7) is 3.64. The first-order valence-corrected chi connectivity index (χ1v) is 9.78. The molecule has 2 heterocycles. The normalized spacial score (nSPS) is 11.2. The molecular formula is C22H31IN6. The predicted molar refractivity (Wildman–Crippen MR) is 134 cm³/mol. The molecule has 0 spiro atoms. The van der Waals surface area contributed by atoms with Gasteiger partial charge in [-0.05, 0) is 36.1 Å². The van der Waals surface area contributed by atoms with Gasteiger partial charge in [-0.3, -0.25) is 4.99 Å². The van der Waals surface area contributed by atoms with Crippen LogP contribution in [0.3, 0.4) is 0 Å². The molecule has 0 amide bonds. The van der Waals surface area contributed by atoms with Crippen molar-refractivity contribution < 1.29 is 0 Å². The summed E-state index contributed by atoms with van der Waals surface area (Å²) in [6.07, 6.45) is 4.09. The molecule has 0 aliphatic heterocycles. The molecule has 0 fully saturated rings. The summed E-state index contributed by atoms with van der Waals surface area (Å²) in [5.41, 5.74) is 4.93. The number of nitrogens with one attached hydrogen (secondary N) is 3. The van der Waals surface area contributed by atoms with Gasteiger partial charge in [-0.25, -0.2) is 4.98 Å². The van der Waals surface area contributed by atoms with E-state index in [1.807, 2.05) is 37.2 Å². The van der Waals surface area contributed by atoms with Crippen molar-refractivity contribution >= 4 is 46.7 Å². The Kier molecular flexibility index (Phi) is 8.75. The fourth-order valence-electron chi connectivity index (χ4n) is 3.30. The topological polar surface area (TPSA) is 68.3 Å². The van der Waals surface area contributed by atoms with Gasteiger partial charge in [0.05, 0.1) is 12.2 Å². The number of H-pyrrole nitrogens is 1. The number of aliphatic imine (C=N–C) groups is 1. The third-order valence-corrected chi connectivity index (χ3v) is 4.87. The zero-order chi connectivity index (χ0) is 19.9. The standard InChI is InChI=1S/C22H30N6.HI/c1-5-16-8-6-10-19-17(14-25-21(16)19)12-13-24-22(23-2)26-15-18-9-7-11-20(27-18)28(3)4;/h6-11,14,25H,5,12-13,15H2,1-4H3,(H2,23,24,26);1H. The zero-order valence-corrected chi connectivity index (χ0v) is 20.0. The van der Waals surface area contributed by atoms with Crippen molar-refractivity contribution in [3.8, 4) is 0 Å². The number of hydrogen-bond donors (Lipinski definition) is 3. The molecule has 0 unspecified atom stereocenters. The fourth-order valence-corrected chi connectivity index (χ4v) is 3.30. The quantitative estimate of drug-likeness (QED) is 0.260. The number of hydrogen-bond acceptors (Lipinski definition) is 3. The van der Waals surface area contributed by atoms with Gasteiger partial charge in [0.2, 0.25) is 0 Å². The number of pyridine rings is 1. The van der Waals surface area contributed by atoms with Crippen molar-refractivity contribution in [2.24, 2.45) is 4.99 Å². The molecule has 0 saturated heterocycles. The van der Waals surface area contributed by atoms with Crippen molar-refractivity contribution in [3.05, 3.63) is 59.4 Å². The number of para-hydroxylation sites is 1. The van der Waals surface area contributed by atoms with Gasteiger partial charge >= 0.3 is 0 Å². The maximum Gasteiger partial charge on any atom is 0.191 e. The molecule has 3 aromatic rings. The molecule has 156 valence electrons. The second kappa shape index (κ2) is 11.0. The third kappa shape index (κ3) is 5.85. The zero-order valence-electron chi connectivity index (χ0n) is 17.6. The van der Waals surface area contributed by atoms with Gasteiger partial charge in [-0.1, -0.05) is 31.2 Å². The molecule has 6 nitrogen and oxygen atoms in total. The van der Waals surface area contributed by atoms with Gasteiger partial charge in [-0.2, -0.15) is 0 Å². The molecule has 3 N–H and O–H groups in total. The second-order valence-electron chi connectivity index (χ2n) is 6.99. The van der Waals surface area contributed by atoms with Crippen LogP contribution in [0.4, 0.5) is 5.82 Å². The van der Waals surface area contributed by atoms with E-state index in [1.165, 1.54) is 22.0 Å². The highest BCUT2D eigenvalue weighted by atomic mass is 127. The summed E-state index contributed by atoms with van der Waals surface area (Å²) in [7, 11) is 5.78. The Morgan fingerprint density at radius 2 is 1.90 bits per heavy atom.